The normalized spacial score (nSPS) is 10.7. The molecule has 0 fully saturated rings. The van der Waals surface area contributed by atoms with E-state index in [0.29, 0.717) is 18.3 Å². The predicted octanol–water partition coefficient (Wildman–Crippen LogP) is 1.51. The van der Waals surface area contributed by atoms with Gasteiger partial charge in [-0.1, -0.05) is 5.16 Å². The number of aryl methyl sites for hydroxylation is 3. The number of hydrogen-bond donors (Lipinski definition) is 1. The number of hydrogen-bond acceptors (Lipinski definition) is 5. The highest BCUT2D eigenvalue weighted by Gasteiger charge is 2.06. The van der Waals surface area contributed by atoms with Gasteiger partial charge in [0.2, 0.25) is 11.8 Å². The van der Waals surface area contributed by atoms with Crippen LogP contribution in [0.2, 0.25) is 0 Å². The lowest BCUT2D eigenvalue weighted by molar-refractivity contribution is 0.379. The van der Waals surface area contributed by atoms with Crippen LogP contribution in [-0.2, 0) is 13.1 Å². The molecule has 0 amide bonds. The van der Waals surface area contributed by atoms with Crippen molar-refractivity contribution in [2.24, 2.45) is 0 Å². The van der Waals surface area contributed by atoms with Gasteiger partial charge in [0.25, 0.3) is 0 Å². The molecular weight excluding hydrogens is 206 g/mol. The number of anilines is 1. The zero-order valence-electron chi connectivity index (χ0n) is 9.69. The van der Waals surface area contributed by atoms with Gasteiger partial charge in [0.1, 0.15) is 0 Å². The Balaban J connectivity index is 2.04. The standard InChI is InChI=1S/C10H15N5O/c1-4-15-6-7(2)12-10(15)11-5-9-13-8(3)14-16-9/h6H,4-5H2,1-3H3,(H,11,12). The Morgan fingerprint density at radius 3 is 2.81 bits per heavy atom. The number of nitrogens with zero attached hydrogens (tertiary/aromatic N) is 4. The van der Waals surface area contributed by atoms with Gasteiger partial charge in [-0.25, -0.2) is 4.98 Å². The summed E-state index contributed by atoms with van der Waals surface area (Å²) in [7, 11) is 0. The smallest absolute Gasteiger partial charge is 0.246 e. The highest BCUT2D eigenvalue weighted by Crippen LogP contribution is 2.09. The van der Waals surface area contributed by atoms with Gasteiger partial charge in [-0.05, 0) is 20.8 Å². The van der Waals surface area contributed by atoms with Gasteiger partial charge in [-0.3, -0.25) is 0 Å². The lowest BCUT2D eigenvalue weighted by Crippen LogP contribution is -2.06. The summed E-state index contributed by atoms with van der Waals surface area (Å²) in [5.41, 5.74) is 0.992. The molecule has 0 radical (unpaired) electrons. The molecule has 2 rings (SSSR count). The summed E-state index contributed by atoms with van der Waals surface area (Å²) in [5, 5.41) is 6.89. The Morgan fingerprint density at radius 2 is 2.19 bits per heavy atom. The molecule has 0 aliphatic rings. The highest BCUT2D eigenvalue weighted by atomic mass is 16.5. The highest BCUT2D eigenvalue weighted by molar-refractivity contribution is 5.28. The Morgan fingerprint density at radius 1 is 1.38 bits per heavy atom. The van der Waals surface area contributed by atoms with Crippen molar-refractivity contribution in [3.63, 3.8) is 0 Å². The second-order valence-corrected chi connectivity index (χ2v) is 3.58. The Kier molecular flexibility index (Phi) is 2.89. The van der Waals surface area contributed by atoms with Gasteiger partial charge in [0, 0.05) is 12.7 Å². The minimum absolute atomic E-state index is 0.497. The molecule has 86 valence electrons. The first-order valence-corrected chi connectivity index (χ1v) is 5.26. The summed E-state index contributed by atoms with van der Waals surface area (Å²) in [5.74, 6) is 2.04. The number of imidazole rings is 1. The van der Waals surface area contributed by atoms with E-state index in [4.69, 9.17) is 4.52 Å². The van der Waals surface area contributed by atoms with Crippen LogP contribution in [-0.4, -0.2) is 19.7 Å². The van der Waals surface area contributed by atoms with Crippen molar-refractivity contribution in [2.75, 3.05) is 5.32 Å². The zero-order valence-corrected chi connectivity index (χ0v) is 9.69. The first-order valence-electron chi connectivity index (χ1n) is 5.26. The Labute approximate surface area is 93.7 Å². The molecular formula is C10H15N5O. The number of rotatable bonds is 4. The van der Waals surface area contributed by atoms with Crippen LogP contribution in [0.5, 0.6) is 0 Å². The predicted molar refractivity (Wildman–Crippen MR) is 59.0 cm³/mol. The molecule has 16 heavy (non-hydrogen) atoms. The van der Waals surface area contributed by atoms with E-state index in [1.165, 1.54) is 0 Å². The van der Waals surface area contributed by atoms with Crippen LogP contribution in [0.25, 0.3) is 0 Å². The molecule has 6 nitrogen and oxygen atoms in total. The van der Waals surface area contributed by atoms with Gasteiger partial charge in [0.05, 0.1) is 12.2 Å². The van der Waals surface area contributed by atoms with E-state index in [1.54, 1.807) is 6.92 Å². The average Bonchev–Trinajstić information content (AvgIpc) is 2.81. The number of nitrogens with one attached hydrogen (secondary N) is 1. The number of aromatic nitrogens is 4. The Bertz CT molecular complexity index is 473. The van der Waals surface area contributed by atoms with Gasteiger partial charge >= 0.3 is 0 Å². The lowest BCUT2D eigenvalue weighted by atomic mass is 10.6. The van der Waals surface area contributed by atoms with Crippen molar-refractivity contribution in [3.8, 4) is 0 Å². The van der Waals surface area contributed by atoms with Crippen molar-refractivity contribution in [3.05, 3.63) is 23.6 Å². The fourth-order valence-corrected chi connectivity index (χ4v) is 1.50. The van der Waals surface area contributed by atoms with Crippen LogP contribution in [0.3, 0.4) is 0 Å². The molecule has 0 unspecified atom stereocenters. The van der Waals surface area contributed by atoms with E-state index < -0.39 is 0 Å². The maximum absolute atomic E-state index is 5.01. The third kappa shape index (κ3) is 2.21. The van der Waals surface area contributed by atoms with Crippen LogP contribution < -0.4 is 5.32 Å². The second kappa shape index (κ2) is 4.34. The van der Waals surface area contributed by atoms with Gasteiger partial charge in [-0.2, -0.15) is 4.98 Å². The molecule has 0 saturated carbocycles. The van der Waals surface area contributed by atoms with Crippen LogP contribution in [0.1, 0.15) is 24.3 Å². The molecule has 0 spiro atoms. The zero-order chi connectivity index (χ0) is 11.5. The third-order valence-corrected chi connectivity index (χ3v) is 2.21. The molecule has 0 aliphatic carbocycles. The maximum Gasteiger partial charge on any atom is 0.246 e. The third-order valence-electron chi connectivity index (χ3n) is 2.21. The summed E-state index contributed by atoms with van der Waals surface area (Å²) >= 11 is 0. The first kappa shape index (κ1) is 10.7. The minimum atomic E-state index is 0.497. The molecule has 6 heteroatoms. The van der Waals surface area contributed by atoms with Crippen molar-refractivity contribution < 1.29 is 4.52 Å². The van der Waals surface area contributed by atoms with Crippen LogP contribution in [0.15, 0.2) is 10.7 Å². The average molecular weight is 221 g/mol. The van der Waals surface area contributed by atoms with Crippen molar-refractivity contribution in [2.45, 2.75) is 33.9 Å². The summed E-state index contributed by atoms with van der Waals surface area (Å²) in [4.78, 5) is 8.48. The SMILES string of the molecule is CCn1cc(C)nc1NCc1nc(C)no1. The monoisotopic (exact) mass is 221 g/mol. The fourth-order valence-electron chi connectivity index (χ4n) is 1.50. The van der Waals surface area contributed by atoms with Gasteiger partial charge < -0.3 is 14.4 Å². The molecule has 0 atom stereocenters. The fraction of sp³-hybridized carbons (Fsp3) is 0.500. The van der Waals surface area contributed by atoms with Crippen molar-refractivity contribution >= 4 is 5.95 Å². The van der Waals surface area contributed by atoms with Gasteiger partial charge in [-0.15, -0.1) is 0 Å². The van der Waals surface area contributed by atoms with E-state index >= 15 is 0 Å². The van der Waals surface area contributed by atoms with Crippen LogP contribution >= 0.6 is 0 Å². The molecule has 0 saturated heterocycles. The minimum Gasteiger partial charge on any atom is -0.347 e. The molecule has 0 bridgehead atoms. The quantitative estimate of drug-likeness (QED) is 0.847. The van der Waals surface area contributed by atoms with E-state index in [9.17, 15) is 0 Å². The summed E-state index contributed by atoms with van der Waals surface area (Å²) in [6.07, 6.45) is 2.00. The second-order valence-electron chi connectivity index (χ2n) is 3.58. The van der Waals surface area contributed by atoms with Crippen molar-refractivity contribution in [1.29, 1.82) is 0 Å². The first-order chi connectivity index (χ1) is 7.69. The van der Waals surface area contributed by atoms with Crippen molar-refractivity contribution in [1.82, 2.24) is 19.7 Å². The van der Waals surface area contributed by atoms with Crippen LogP contribution in [0.4, 0.5) is 5.95 Å². The molecule has 2 aromatic rings. The van der Waals surface area contributed by atoms with E-state index in [-0.39, 0.29) is 0 Å². The topological polar surface area (TPSA) is 68.8 Å². The Hall–Kier alpha value is -1.85. The van der Waals surface area contributed by atoms with Gasteiger partial charge in [0.15, 0.2) is 5.82 Å². The molecule has 0 aliphatic heterocycles. The largest absolute Gasteiger partial charge is 0.347 e. The molecule has 2 aromatic heterocycles. The van der Waals surface area contributed by atoms with E-state index in [1.807, 2.05) is 17.7 Å². The summed E-state index contributed by atoms with van der Waals surface area (Å²) < 4.78 is 7.05. The molecule has 2 heterocycles. The van der Waals surface area contributed by atoms with E-state index in [2.05, 4.69) is 27.4 Å². The lowest BCUT2D eigenvalue weighted by Gasteiger charge is -2.04. The van der Waals surface area contributed by atoms with E-state index in [0.717, 1.165) is 18.2 Å². The molecule has 1 N–H and O–H groups in total. The van der Waals surface area contributed by atoms with Crippen LogP contribution in [0, 0.1) is 13.8 Å². The summed E-state index contributed by atoms with van der Waals surface area (Å²) in [6, 6.07) is 0. The molecule has 0 aromatic carbocycles. The summed E-state index contributed by atoms with van der Waals surface area (Å²) in [6.45, 7) is 7.21. The maximum atomic E-state index is 5.01.